The monoisotopic (exact) mass is 314 g/mol. The van der Waals surface area contributed by atoms with Gasteiger partial charge in [-0.05, 0) is 17.7 Å². The first-order valence-electron chi connectivity index (χ1n) is 7.52. The second kappa shape index (κ2) is 6.29. The lowest BCUT2D eigenvalue weighted by Gasteiger charge is -1.96. The fourth-order valence-corrected chi connectivity index (χ4v) is 2.42. The van der Waals surface area contributed by atoms with E-state index < -0.39 is 0 Å². The van der Waals surface area contributed by atoms with Crippen molar-refractivity contribution >= 4 is 40.3 Å². The Morgan fingerprint density at radius 2 is 1.79 bits per heavy atom. The van der Waals surface area contributed by atoms with Gasteiger partial charge in [-0.25, -0.2) is 5.43 Å². The third-order valence-electron chi connectivity index (χ3n) is 3.54. The molecule has 2 aromatic carbocycles. The van der Waals surface area contributed by atoms with Crippen LogP contribution in [0.2, 0.25) is 0 Å². The fourth-order valence-electron chi connectivity index (χ4n) is 2.42. The molecule has 0 unspecified atom stereocenters. The van der Waals surface area contributed by atoms with E-state index in [1.807, 2.05) is 66.7 Å². The lowest BCUT2D eigenvalue weighted by molar-refractivity contribution is 1.01. The van der Waals surface area contributed by atoms with Crippen LogP contribution in [-0.4, -0.2) is 26.4 Å². The van der Waals surface area contributed by atoms with Gasteiger partial charge in [0.25, 0.3) is 5.95 Å². The Morgan fingerprint density at radius 1 is 0.958 bits per heavy atom. The molecule has 0 aliphatic carbocycles. The maximum atomic E-state index is 4.39. The van der Waals surface area contributed by atoms with E-state index in [9.17, 15) is 0 Å². The highest BCUT2D eigenvalue weighted by molar-refractivity contribution is 6.03. The summed E-state index contributed by atoms with van der Waals surface area (Å²) in [7, 11) is 0. The molecule has 0 aliphatic rings. The van der Waals surface area contributed by atoms with Crippen LogP contribution in [0.5, 0.6) is 0 Å². The van der Waals surface area contributed by atoms with Gasteiger partial charge < -0.3 is 4.98 Å². The summed E-state index contributed by atoms with van der Waals surface area (Å²) in [5, 5.41) is 13.4. The van der Waals surface area contributed by atoms with Gasteiger partial charge in [-0.2, -0.15) is 10.1 Å². The summed E-state index contributed by atoms with van der Waals surface area (Å²) in [5.41, 5.74) is 6.32. The molecular formula is C18H14N6. The molecule has 24 heavy (non-hydrogen) atoms. The van der Waals surface area contributed by atoms with Gasteiger partial charge in [-0.15, -0.1) is 10.2 Å². The predicted molar refractivity (Wildman–Crippen MR) is 96.8 cm³/mol. The standard InChI is InChI=1S/C18H14N6/c1-2-7-13(8-3-1)9-6-12-19-23-18-21-17-16(22-24-18)14-10-4-5-11-15(14)20-17/h1-12H,(H2,20,21,23,24)/b9-6+,19-12-. The van der Waals surface area contributed by atoms with E-state index in [-0.39, 0.29) is 0 Å². The van der Waals surface area contributed by atoms with E-state index in [4.69, 9.17) is 0 Å². The van der Waals surface area contributed by atoms with Crippen LogP contribution in [0, 0.1) is 0 Å². The molecule has 0 aliphatic heterocycles. The number of nitrogens with one attached hydrogen (secondary N) is 2. The van der Waals surface area contributed by atoms with Gasteiger partial charge in [0, 0.05) is 17.1 Å². The maximum Gasteiger partial charge on any atom is 0.265 e. The number of hydrogen-bond acceptors (Lipinski definition) is 5. The molecular weight excluding hydrogens is 300 g/mol. The SMILES string of the molecule is C(/C=C/c1ccccc1)=N/Nc1nnc2c(n1)[nH]c1ccccc12. The van der Waals surface area contributed by atoms with Gasteiger partial charge in [-0.3, -0.25) is 0 Å². The highest BCUT2D eigenvalue weighted by Crippen LogP contribution is 2.21. The minimum Gasteiger partial charge on any atom is -0.338 e. The Labute approximate surface area is 138 Å². The van der Waals surface area contributed by atoms with Crippen LogP contribution in [0.4, 0.5) is 5.95 Å². The first kappa shape index (κ1) is 14.1. The largest absolute Gasteiger partial charge is 0.338 e. The molecule has 6 heteroatoms. The molecule has 0 radical (unpaired) electrons. The molecule has 4 aromatic rings. The van der Waals surface area contributed by atoms with Crippen molar-refractivity contribution < 1.29 is 0 Å². The van der Waals surface area contributed by atoms with Gasteiger partial charge >= 0.3 is 0 Å². The number of H-pyrrole nitrogens is 1. The molecule has 0 fully saturated rings. The molecule has 0 atom stereocenters. The van der Waals surface area contributed by atoms with Crippen molar-refractivity contribution in [1.29, 1.82) is 0 Å². The van der Waals surface area contributed by atoms with E-state index in [0.29, 0.717) is 11.6 Å². The van der Waals surface area contributed by atoms with Crippen molar-refractivity contribution in [3.8, 4) is 0 Å². The number of hydrogen-bond donors (Lipinski definition) is 2. The number of aromatic nitrogens is 4. The quantitative estimate of drug-likeness (QED) is 0.445. The van der Waals surface area contributed by atoms with Crippen LogP contribution in [0.3, 0.4) is 0 Å². The number of allylic oxidation sites excluding steroid dienone is 1. The predicted octanol–water partition coefficient (Wildman–Crippen LogP) is 3.62. The normalized spacial score (nSPS) is 11.8. The molecule has 6 nitrogen and oxygen atoms in total. The van der Waals surface area contributed by atoms with Crippen molar-refractivity contribution in [3.63, 3.8) is 0 Å². The third-order valence-corrected chi connectivity index (χ3v) is 3.54. The number of para-hydroxylation sites is 1. The van der Waals surface area contributed by atoms with Crippen molar-refractivity contribution in [2.45, 2.75) is 0 Å². The number of rotatable bonds is 4. The Balaban J connectivity index is 1.49. The van der Waals surface area contributed by atoms with E-state index in [1.165, 1.54) is 0 Å². The molecule has 0 spiro atoms. The molecule has 116 valence electrons. The zero-order valence-corrected chi connectivity index (χ0v) is 12.7. The van der Waals surface area contributed by atoms with E-state index in [0.717, 1.165) is 22.0 Å². The number of aromatic amines is 1. The minimum atomic E-state index is 0.346. The van der Waals surface area contributed by atoms with Crippen LogP contribution in [0.1, 0.15) is 5.56 Å². The van der Waals surface area contributed by atoms with Gasteiger partial charge in [0.05, 0.1) is 0 Å². The van der Waals surface area contributed by atoms with Gasteiger partial charge in [0.15, 0.2) is 5.65 Å². The first-order valence-corrected chi connectivity index (χ1v) is 7.52. The molecule has 2 aromatic heterocycles. The van der Waals surface area contributed by atoms with Crippen LogP contribution in [-0.2, 0) is 0 Å². The summed E-state index contributed by atoms with van der Waals surface area (Å²) >= 11 is 0. The Morgan fingerprint density at radius 3 is 2.71 bits per heavy atom. The molecule has 0 saturated heterocycles. The van der Waals surface area contributed by atoms with Gasteiger partial charge in [0.1, 0.15) is 5.52 Å². The van der Waals surface area contributed by atoms with Crippen LogP contribution in [0.15, 0.2) is 65.8 Å². The smallest absolute Gasteiger partial charge is 0.265 e. The lowest BCUT2D eigenvalue weighted by atomic mass is 10.2. The molecule has 2 heterocycles. The van der Waals surface area contributed by atoms with E-state index in [1.54, 1.807) is 6.21 Å². The molecule has 0 saturated carbocycles. The van der Waals surface area contributed by atoms with Crippen LogP contribution in [0.25, 0.3) is 28.1 Å². The van der Waals surface area contributed by atoms with Crippen molar-refractivity contribution in [2.24, 2.45) is 5.10 Å². The van der Waals surface area contributed by atoms with E-state index >= 15 is 0 Å². The zero-order chi connectivity index (χ0) is 16.2. The number of fused-ring (bicyclic) bond motifs is 3. The second-order valence-electron chi connectivity index (χ2n) is 5.16. The average molecular weight is 314 g/mol. The van der Waals surface area contributed by atoms with Crippen molar-refractivity contribution in [3.05, 3.63) is 66.2 Å². The second-order valence-corrected chi connectivity index (χ2v) is 5.16. The summed E-state index contributed by atoms with van der Waals surface area (Å²) in [6.07, 6.45) is 5.45. The van der Waals surface area contributed by atoms with Crippen LogP contribution < -0.4 is 5.43 Å². The highest BCUT2D eigenvalue weighted by atomic mass is 15.4. The lowest BCUT2D eigenvalue weighted by Crippen LogP contribution is -1.98. The minimum absolute atomic E-state index is 0.346. The summed E-state index contributed by atoms with van der Waals surface area (Å²) in [4.78, 5) is 7.61. The Hall–Kier alpha value is -3.54. The summed E-state index contributed by atoms with van der Waals surface area (Å²) < 4.78 is 0. The fraction of sp³-hybridized carbons (Fsp3) is 0. The summed E-state index contributed by atoms with van der Waals surface area (Å²) in [6, 6.07) is 17.9. The highest BCUT2D eigenvalue weighted by Gasteiger charge is 2.07. The molecule has 0 bridgehead atoms. The maximum absolute atomic E-state index is 4.39. The Kier molecular flexibility index (Phi) is 3.69. The van der Waals surface area contributed by atoms with Gasteiger partial charge in [-0.1, -0.05) is 54.6 Å². The first-order chi connectivity index (χ1) is 11.9. The zero-order valence-electron chi connectivity index (χ0n) is 12.7. The summed E-state index contributed by atoms with van der Waals surface area (Å²) in [5.74, 6) is 0.346. The van der Waals surface area contributed by atoms with E-state index in [2.05, 4.69) is 30.7 Å². The number of benzene rings is 2. The number of nitrogens with zero attached hydrogens (tertiary/aromatic N) is 4. The van der Waals surface area contributed by atoms with Crippen molar-refractivity contribution in [2.75, 3.05) is 5.43 Å². The average Bonchev–Trinajstić information content (AvgIpc) is 3.00. The topological polar surface area (TPSA) is 78.8 Å². The molecule has 4 rings (SSSR count). The van der Waals surface area contributed by atoms with Crippen LogP contribution >= 0.6 is 0 Å². The molecule has 2 N–H and O–H groups in total. The summed E-state index contributed by atoms with van der Waals surface area (Å²) in [6.45, 7) is 0. The molecule has 0 amide bonds. The third kappa shape index (κ3) is 2.85. The number of hydrazone groups is 1. The Bertz CT molecular complexity index is 1030. The van der Waals surface area contributed by atoms with Crippen molar-refractivity contribution in [1.82, 2.24) is 20.2 Å². The van der Waals surface area contributed by atoms with Gasteiger partial charge in [0.2, 0.25) is 0 Å². The number of anilines is 1.